The zero-order chi connectivity index (χ0) is 14.5. The van der Waals surface area contributed by atoms with Crippen molar-refractivity contribution in [3.05, 3.63) is 0 Å². The molecule has 0 bridgehead atoms. The summed E-state index contributed by atoms with van der Waals surface area (Å²) in [6, 6.07) is 0.0442. The maximum atomic E-state index is 12.7. The fourth-order valence-corrected chi connectivity index (χ4v) is 3.23. The quantitative estimate of drug-likeness (QED) is 0.814. The third-order valence-electron chi connectivity index (χ3n) is 4.67. The van der Waals surface area contributed by atoms with E-state index in [0.717, 1.165) is 32.2 Å². The molecule has 0 aromatic carbocycles. The summed E-state index contributed by atoms with van der Waals surface area (Å²) >= 11 is 0. The zero-order valence-corrected chi connectivity index (χ0v) is 12.4. The van der Waals surface area contributed by atoms with Crippen LogP contribution in [0.5, 0.6) is 0 Å². The van der Waals surface area contributed by atoms with E-state index in [0.29, 0.717) is 12.5 Å². The second kappa shape index (κ2) is 6.95. The molecule has 2 fully saturated rings. The number of carboxylic acid groups (broad SMARTS) is 1. The van der Waals surface area contributed by atoms with E-state index >= 15 is 0 Å². The Labute approximate surface area is 120 Å². The number of urea groups is 1. The van der Waals surface area contributed by atoms with E-state index in [1.165, 1.54) is 19.3 Å². The first-order chi connectivity index (χ1) is 9.61. The lowest BCUT2D eigenvalue weighted by Gasteiger charge is -2.36. The summed E-state index contributed by atoms with van der Waals surface area (Å²) in [5.41, 5.74) is 0. The number of aliphatic carboxylic acids is 1. The molecule has 0 radical (unpaired) electrons. The minimum atomic E-state index is -0.912. The van der Waals surface area contributed by atoms with E-state index in [1.54, 1.807) is 4.90 Å². The summed E-state index contributed by atoms with van der Waals surface area (Å²) < 4.78 is 0. The van der Waals surface area contributed by atoms with Gasteiger partial charge in [-0.05, 0) is 38.5 Å². The predicted octanol–water partition coefficient (Wildman–Crippen LogP) is 2.56. The number of carbonyl (C=O) groups excluding carboxylic acids is 1. The van der Waals surface area contributed by atoms with Crippen molar-refractivity contribution < 1.29 is 14.7 Å². The van der Waals surface area contributed by atoms with E-state index in [2.05, 4.69) is 0 Å². The molecule has 0 heterocycles. The van der Waals surface area contributed by atoms with Gasteiger partial charge in [0, 0.05) is 19.1 Å². The van der Waals surface area contributed by atoms with Gasteiger partial charge in [-0.3, -0.25) is 4.79 Å². The van der Waals surface area contributed by atoms with Crippen LogP contribution in [-0.2, 0) is 4.79 Å². The number of nitrogens with zero attached hydrogens (tertiary/aromatic N) is 2. The van der Waals surface area contributed by atoms with Crippen LogP contribution in [0.25, 0.3) is 0 Å². The van der Waals surface area contributed by atoms with Crippen molar-refractivity contribution in [2.45, 2.75) is 57.9 Å². The van der Waals surface area contributed by atoms with Gasteiger partial charge in [-0.15, -0.1) is 0 Å². The molecule has 0 spiro atoms. The highest BCUT2D eigenvalue weighted by Gasteiger charge is 2.32. The molecule has 0 aromatic heterocycles. The van der Waals surface area contributed by atoms with Crippen LogP contribution in [0.3, 0.4) is 0 Å². The molecule has 5 nitrogen and oxygen atoms in total. The highest BCUT2D eigenvalue weighted by Crippen LogP contribution is 2.28. The summed E-state index contributed by atoms with van der Waals surface area (Å²) in [6.07, 6.45) is 7.75. The molecule has 0 atom stereocenters. The second-order valence-electron chi connectivity index (χ2n) is 6.08. The van der Waals surface area contributed by atoms with Gasteiger partial charge in [-0.2, -0.15) is 0 Å². The first-order valence-electron chi connectivity index (χ1n) is 7.89. The first-order valence-corrected chi connectivity index (χ1v) is 7.89. The Morgan fingerprint density at radius 3 is 2.20 bits per heavy atom. The molecule has 0 aliphatic heterocycles. The van der Waals surface area contributed by atoms with Crippen LogP contribution in [0.15, 0.2) is 0 Å². The molecule has 2 aliphatic carbocycles. The highest BCUT2D eigenvalue weighted by atomic mass is 16.4. The fraction of sp³-hybridized carbons (Fsp3) is 0.867. The Hall–Kier alpha value is -1.26. The molecule has 0 saturated heterocycles. The zero-order valence-electron chi connectivity index (χ0n) is 12.4. The van der Waals surface area contributed by atoms with E-state index in [-0.39, 0.29) is 18.6 Å². The number of rotatable bonds is 6. The van der Waals surface area contributed by atoms with Crippen molar-refractivity contribution >= 4 is 12.0 Å². The Morgan fingerprint density at radius 1 is 1.10 bits per heavy atom. The molecular weight excluding hydrogens is 256 g/mol. The molecule has 114 valence electrons. The molecule has 2 aliphatic rings. The number of amides is 2. The Balaban J connectivity index is 2.00. The summed E-state index contributed by atoms with van der Waals surface area (Å²) in [4.78, 5) is 27.2. The minimum Gasteiger partial charge on any atom is -0.480 e. The van der Waals surface area contributed by atoms with Gasteiger partial charge in [0.05, 0.1) is 0 Å². The Kier molecular flexibility index (Phi) is 5.26. The van der Waals surface area contributed by atoms with Gasteiger partial charge in [-0.25, -0.2) is 4.79 Å². The van der Waals surface area contributed by atoms with E-state index in [4.69, 9.17) is 5.11 Å². The third-order valence-corrected chi connectivity index (χ3v) is 4.67. The molecule has 2 saturated carbocycles. The van der Waals surface area contributed by atoms with Gasteiger partial charge in [0.25, 0.3) is 0 Å². The molecule has 2 amide bonds. The van der Waals surface area contributed by atoms with Gasteiger partial charge in [-0.1, -0.05) is 19.3 Å². The molecule has 5 heteroatoms. The number of carboxylic acids is 1. The largest absolute Gasteiger partial charge is 0.480 e. The lowest BCUT2D eigenvalue weighted by Crippen LogP contribution is -2.51. The van der Waals surface area contributed by atoms with Crippen molar-refractivity contribution in [1.29, 1.82) is 0 Å². The van der Waals surface area contributed by atoms with E-state index in [9.17, 15) is 9.59 Å². The van der Waals surface area contributed by atoms with Crippen molar-refractivity contribution in [2.75, 3.05) is 19.6 Å². The van der Waals surface area contributed by atoms with Crippen molar-refractivity contribution in [3.8, 4) is 0 Å². The summed E-state index contributed by atoms with van der Waals surface area (Å²) in [5.74, 6) is -0.292. The number of hydrogen-bond acceptors (Lipinski definition) is 2. The lowest BCUT2D eigenvalue weighted by atomic mass is 9.85. The van der Waals surface area contributed by atoms with Gasteiger partial charge in [0.1, 0.15) is 6.54 Å². The Morgan fingerprint density at radius 2 is 1.75 bits per heavy atom. The van der Waals surface area contributed by atoms with Crippen LogP contribution in [0.1, 0.15) is 51.9 Å². The third kappa shape index (κ3) is 3.64. The second-order valence-corrected chi connectivity index (χ2v) is 6.08. The topological polar surface area (TPSA) is 60.9 Å². The average Bonchev–Trinajstić information content (AvgIpc) is 2.87. The maximum absolute atomic E-state index is 12.7. The molecule has 0 unspecified atom stereocenters. The van der Waals surface area contributed by atoms with E-state index in [1.807, 2.05) is 11.8 Å². The average molecular weight is 282 g/mol. The van der Waals surface area contributed by atoms with E-state index < -0.39 is 5.97 Å². The number of hydrogen-bond donors (Lipinski definition) is 1. The van der Waals surface area contributed by atoms with Crippen LogP contribution in [-0.4, -0.2) is 52.6 Å². The molecular formula is C15H26N2O3. The number of carbonyl (C=O) groups is 2. The van der Waals surface area contributed by atoms with Gasteiger partial charge in [0.2, 0.25) is 0 Å². The van der Waals surface area contributed by atoms with Crippen molar-refractivity contribution in [1.82, 2.24) is 9.80 Å². The summed E-state index contributed by atoms with van der Waals surface area (Å²) in [6.45, 7) is 3.27. The van der Waals surface area contributed by atoms with Gasteiger partial charge >= 0.3 is 12.0 Å². The highest BCUT2D eigenvalue weighted by molar-refractivity contribution is 5.80. The molecule has 20 heavy (non-hydrogen) atoms. The summed E-state index contributed by atoms with van der Waals surface area (Å²) in [5, 5.41) is 9.07. The molecule has 2 rings (SSSR count). The van der Waals surface area contributed by atoms with Crippen molar-refractivity contribution in [3.63, 3.8) is 0 Å². The SMILES string of the molecule is CCN(CC1CCC1)C(=O)N(CC(=O)O)C1CCCC1. The smallest absolute Gasteiger partial charge is 0.323 e. The van der Waals surface area contributed by atoms with Crippen LogP contribution < -0.4 is 0 Å². The fourth-order valence-electron chi connectivity index (χ4n) is 3.23. The van der Waals surface area contributed by atoms with Crippen molar-refractivity contribution in [2.24, 2.45) is 5.92 Å². The first kappa shape index (κ1) is 15.1. The normalized spacial score (nSPS) is 19.6. The molecule has 1 N–H and O–H groups in total. The van der Waals surface area contributed by atoms with Crippen LogP contribution >= 0.6 is 0 Å². The maximum Gasteiger partial charge on any atom is 0.323 e. The molecule has 0 aromatic rings. The van der Waals surface area contributed by atoms with Crippen LogP contribution in [0, 0.1) is 5.92 Å². The minimum absolute atomic E-state index is 0.0753. The van der Waals surface area contributed by atoms with Gasteiger partial charge < -0.3 is 14.9 Å². The van der Waals surface area contributed by atoms with Gasteiger partial charge in [0.15, 0.2) is 0 Å². The van der Waals surface area contributed by atoms with Crippen LogP contribution in [0.4, 0.5) is 4.79 Å². The monoisotopic (exact) mass is 282 g/mol. The standard InChI is InChI=1S/C15H26N2O3/c1-2-16(10-12-6-5-7-12)15(20)17(11-14(18)19)13-8-3-4-9-13/h12-13H,2-11H2,1H3,(H,18,19). The predicted molar refractivity (Wildman–Crippen MR) is 76.6 cm³/mol. The lowest BCUT2D eigenvalue weighted by molar-refractivity contribution is -0.138. The summed E-state index contributed by atoms with van der Waals surface area (Å²) in [7, 11) is 0. The van der Waals surface area contributed by atoms with Crippen LogP contribution in [0.2, 0.25) is 0 Å². The Bertz CT molecular complexity index is 349.